The third-order valence-electron chi connectivity index (χ3n) is 0.625. The van der Waals surface area contributed by atoms with Crippen LogP contribution >= 0.6 is 0 Å². The van der Waals surface area contributed by atoms with Gasteiger partial charge in [0.1, 0.15) is 0 Å². The molecule has 0 fully saturated rings. The summed E-state index contributed by atoms with van der Waals surface area (Å²) in [5, 5.41) is 8.08. The Morgan fingerprint density at radius 1 is 1.75 bits per heavy atom. The fourth-order valence-corrected chi connectivity index (χ4v) is 0.343. The maximum absolute atomic E-state index is 8.08. The van der Waals surface area contributed by atoms with Gasteiger partial charge in [-0.3, -0.25) is 15.7 Å². The summed E-state index contributed by atoms with van der Waals surface area (Å²) in [5.41, 5.74) is 2.78. The van der Waals surface area contributed by atoms with Gasteiger partial charge in [-0.05, 0) is 12.5 Å². The van der Waals surface area contributed by atoms with E-state index in [4.69, 9.17) is 5.21 Å². The van der Waals surface area contributed by atoms with E-state index in [2.05, 4.69) is 4.99 Å². The van der Waals surface area contributed by atoms with Crippen molar-refractivity contribution in [2.75, 3.05) is 7.05 Å². The average Bonchev–Trinajstić information content (AvgIpc) is 1.68. The molecule has 0 atom stereocenters. The van der Waals surface area contributed by atoms with E-state index in [0.29, 0.717) is 0 Å². The highest BCUT2D eigenvalue weighted by Crippen LogP contribution is 1.81. The molecule has 0 aliphatic rings. The van der Waals surface area contributed by atoms with Crippen LogP contribution in [-0.4, -0.2) is 18.5 Å². The van der Waals surface area contributed by atoms with Gasteiger partial charge >= 0.3 is 0 Å². The normalized spacial score (nSPS) is 12.6. The van der Waals surface area contributed by atoms with Crippen molar-refractivity contribution in [1.29, 1.82) is 0 Å². The number of nitrogens with one attached hydrogen (secondary N) is 1. The van der Waals surface area contributed by atoms with Crippen LogP contribution in [0.25, 0.3) is 0 Å². The Morgan fingerprint density at radius 2 is 2.38 bits per heavy atom. The van der Waals surface area contributed by atoms with Crippen molar-refractivity contribution >= 4 is 6.21 Å². The zero-order valence-electron chi connectivity index (χ0n) is 5.05. The number of aliphatic imine (C=N–C) groups is 1. The lowest BCUT2D eigenvalue weighted by Gasteiger charge is -1.86. The lowest BCUT2D eigenvalue weighted by molar-refractivity contribution is 0.214. The molecule has 0 aromatic heterocycles. The maximum atomic E-state index is 8.08. The van der Waals surface area contributed by atoms with E-state index in [1.807, 2.05) is 12.4 Å². The molecule has 8 heavy (non-hydrogen) atoms. The summed E-state index contributed by atoms with van der Waals surface area (Å²) in [6.07, 6.45) is 3.09. The number of rotatable bonds is 2. The van der Waals surface area contributed by atoms with Crippen molar-refractivity contribution in [2.24, 2.45) is 4.99 Å². The first-order valence-electron chi connectivity index (χ1n) is 2.30. The monoisotopic (exact) mass is 114 g/mol. The molecule has 2 N–H and O–H groups in total. The first-order chi connectivity index (χ1) is 3.81. The Labute approximate surface area is 48.7 Å². The summed E-state index contributed by atoms with van der Waals surface area (Å²) < 4.78 is 0. The van der Waals surface area contributed by atoms with Gasteiger partial charge in [0.25, 0.3) is 0 Å². The van der Waals surface area contributed by atoms with Crippen LogP contribution in [0.5, 0.6) is 0 Å². The van der Waals surface area contributed by atoms with Crippen LogP contribution in [0.2, 0.25) is 0 Å². The van der Waals surface area contributed by atoms with Gasteiger partial charge in [-0.15, -0.1) is 0 Å². The lowest BCUT2D eigenvalue weighted by Crippen LogP contribution is -1.95. The Bertz CT molecular complexity index is 107. The molecule has 3 heteroatoms. The Balaban J connectivity index is 3.61. The summed E-state index contributed by atoms with van der Waals surface area (Å²) >= 11 is 0. The standard InChI is InChI=1S/C5H10N2O/c1-5(3-6-2)4-7-8/h3-4,7-8H,1-2H3/b5-4-,6-3?. The average molecular weight is 114 g/mol. The van der Waals surface area contributed by atoms with Gasteiger partial charge in [0.15, 0.2) is 0 Å². The van der Waals surface area contributed by atoms with Crippen LogP contribution in [0.3, 0.4) is 0 Å². The van der Waals surface area contributed by atoms with Crippen molar-refractivity contribution in [3.05, 3.63) is 11.8 Å². The van der Waals surface area contributed by atoms with Crippen LogP contribution in [0.15, 0.2) is 16.8 Å². The van der Waals surface area contributed by atoms with Gasteiger partial charge in [-0.1, -0.05) is 0 Å². The van der Waals surface area contributed by atoms with Gasteiger partial charge < -0.3 is 0 Å². The molecular formula is C5H10N2O. The lowest BCUT2D eigenvalue weighted by atomic mass is 10.4. The quantitative estimate of drug-likeness (QED) is 0.407. The highest BCUT2D eigenvalue weighted by molar-refractivity contribution is 5.77. The second-order valence-corrected chi connectivity index (χ2v) is 1.40. The second kappa shape index (κ2) is 4.33. The van der Waals surface area contributed by atoms with E-state index >= 15 is 0 Å². The molecule has 0 saturated carbocycles. The van der Waals surface area contributed by atoms with Crippen LogP contribution < -0.4 is 5.48 Å². The zero-order valence-corrected chi connectivity index (χ0v) is 5.05. The number of hydrogen-bond donors (Lipinski definition) is 2. The topological polar surface area (TPSA) is 44.6 Å². The van der Waals surface area contributed by atoms with Crippen LogP contribution in [0.1, 0.15) is 6.92 Å². The Hall–Kier alpha value is -0.830. The van der Waals surface area contributed by atoms with Crippen molar-refractivity contribution in [3.63, 3.8) is 0 Å². The predicted octanol–water partition coefficient (Wildman–Crippen LogP) is 0.570. The molecule has 0 radical (unpaired) electrons. The highest BCUT2D eigenvalue weighted by Gasteiger charge is 1.75. The molecule has 0 rings (SSSR count). The number of nitrogens with zero attached hydrogens (tertiary/aromatic N) is 1. The maximum Gasteiger partial charge on any atom is 0.0284 e. The van der Waals surface area contributed by atoms with E-state index in [1.54, 1.807) is 13.3 Å². The second-order valence-electron chi connectivity index (χ2n) is 1.40. The fraction of sp³-hybridized carbons (Fsp3) is 0.400. The van der Waals surface area contributed by atoms with E-state index < -0.39 is 0 Å². The molecule has 0 unspecified atom stereocenters. The minimum Gasteiger partial charge on any atom is -0.296 e. The summed E-state index contributed by atoms with van der Waals surface area (Å²) in [5.74, 6) is 0. The molecule has 0 aromatic rings. The molecule has 0 saturated heterocycles. The van der Waals surface area contributed by atoms with Crippen LogP contribution in [0.4, 0.5) is 0 Å². The molecule has 0 amide bonds. The smallest absolute Gasteiger partial charge is 0.0284 e. The Morgan fingerprint density at radius 3 is 2.75 bits per heavy atom. The van der Waals surface area contributed by atoms with Crippen molar-refractivity contribution in [2.45, 2.75) is 6.92 Å². The van der Waals surface area contributed by atoms with Crippen molar-refractivity contribution < 1.29 is 5.21 Å². The largest absolute Gasteiger partial charge is 0.296 e. The predicted molar refractivity (Wildman–Crippen MR) is 33.1 cm³/mol. The first-order valence-corrected chi connectivity index (χ1v) is 2.30. The van der Waals surface area contributed by atoms with Crippen LogP contribution in [-0.2, 0) is 0 Å². The zero-order chi connectivity index (χ0) is 6.41. The number of hydrogen-bond acceptors (Lipinski definition) is 3. The number of allylic oxidation sites excluding steroid dienone is 1. The molecular weight excluding hydrogens is 104 g/mol. The highest BCUT2D eigenvalue weighted by atomic mass is 16.5. The van der Waals surface area contributed by atoms with Crippen molar-refractivity contribution in [1.82, 2.24) is 5.48 Å². The fourth-order valence-electron chi connectivity index (χ4n) is 0.343. The van der Waals surface area contributed by atoms with E-state index in [1.165, 1.54) is 6.20 Å². The van der Waals surface area contributed by atoms with Gasteiger partial charge in [0.2, 0.25) is 0 Å². The molecule has 0 aromatic carbocycles. The van der Waals surface area contributed by atoms with Gasteiger partial charge in [-0.25, -0.2) is 0 Å². The summed E-state index contributed by atoms with van der Waals surface area (Å²) in [7, 11) is 1.68. The van der Waals surface area contributed by atoms with E-state index in [-0.39, 0.29) is 0 Å². The molecule has 0 heterocycles. The molecule has 0 aliphatic heterocycles. The minimum absolute atomic E-state index is 0.884. The van der Waals surface area contributed by atoms with Gasteiger partial charge in [0, 0.05) is 19.5 Å². The molecule has 46 valence electrons. The minimum atomic E-state index is 0.884. The summed E-state index contributed by atoms with van der Waals surface area (Å²) in [6.45, 7) is 1.83. The van der Waals surface area contributed by atoms with Crippen molar-refractivity contribution in [3.8, 4) is 0 Å². The summed E-state index contributed by atoms with van der Waals surface area (Å²) in [4.78, 5) is 3.71. The van der Waals surface area contributed by atoms with Crippen LogP contribution in [0, 0.1) is 0 Å². The molecule has 0 bridgehead atoms. The number of hydroxylamine groups is 1. The Kier molecular flexibility index (Phi) is 3.88. The SMILES string of the molecule is CN=C/C(C)=C\NO. The summed E-state index contributed by atoms with van der Waals surface area (Å²) in [6, 6.07) is 0. The van der Waals surface area contributed by atoms with Gasteiger partial charge in [0.05, 0.1) is 0 Å². The molecule has 3 nitrogen and oxygen atoms in total. The first kappa shape index (κ1) is 7.17. The van der Waals surface area contributed by atoms with Gasteiger partial charge in [-0.2, -0.15) is 0 Å². The third kappa shape index (κ3) is 3.36. The van der Waals surface area contributed by atoms with E-state index in [9.17, 15) is 0 Å². The third-order valence-corrected chi connectivity index (χ3v) is 0.625. The molecule has 0 spiro atoms. The molecule has 0 aliphatic carbocycles. The van der Waals surface area contributed by atoms with E-state index in [0.717, 1.165) is 5.57 Å².